The standard InChI is InChI=1S/C20H25FN6O/c1-3-4-5-6-14(2)17-7-10-24-27(17)19(28)15-8-11-26(12-9-15)20-23-13-16(21)18(22)25-20/h3-6,10,13,15,17H,2,7-9,11-12H2,1H3,(H2,22,23,25)/b4-3-,6-5-/t17-/m0/s1. The zero-order chi connectivity index (χ0) is 20.1. The molecule has 0 bridgehead atoms. The van der Waals surface area contributed by atoms with Gasteiger partial charge in [0.05, 0.1) is 12.2 Å². The molecule has 0 saturated carbocycles. The van der Waals surface area contributed by atoms with Crippen LogP contribution in [-0.2, 0) is 4.79 Å². The van der Waals surface area contributed by atoms with Crippen molar-refractivity contribution in [2.24, 2.45) is 11.0 Å². The largest absolute Gasteiger partial charge is 0.381 e. The highest BCUT2D eigenvalue weighted by Crippen LogP contribution is 2.27. The summed E-state index contributed by atoms with van der Waals surface area (Å²) in [5.74, 6) is -0.514. The number of carbonyl (C=O) groups excluding carboxylic acids is 1. The quantitative estimate of drug-likeness (QED) is 0.789. The maximum atomic E-state index is 13.3. The predicted octanol–water partition coefficient (Wildman–Crippen LogP) is 2.69. The van der Waals surface area contributed by atoms with Gasteiger partial charge in [-0.25, -0.2) is 14.4 Å². The molecule has 0 aliphatic carbocycles. The van der Waals surface area contributed by atoms with Crippen LogP contribution in [0.5, 0.6) is 0 Å². The molecule has 0 radical (unpaired) electrons. The Morgan fingerprint density at radius 3 is 2.79 bits per heavy atom. The van der Waals surface area contributed by atoms with Gasteiger partial charge in [0.1, 0.15) is 0 Å². The summed E-state index contributed by atoms with van der Waals surface area (Å²) in [4.78, 5) is 22.9. The van der Waals surface area contributed by atoms with Crippen LogP contribution in [0.1, 0.15) is 26.2 Å². The van der Waals surface area contributed by atoms with E-state index in [1.807, 2.05) is 36.1 Å². The molecule has 8 heteroatoms. The molecule has 0 aromatic carbocycles. The van der Waals surface area contributed by atoms with Crippen molar-refractivity contribution in [3.8, 4) is 0 Å². The van der Waals surface area contributed by atoms with Crippen LogP contribution in [0, 0.1) is 11.7 Å². The molecule has 2 aliphatic heterocycles. The lowest BCUT2D eigenvalue weighted by Crippen LogP contribution is -2.43. The average molecular weight is 384 g/mol. The van der Waals surface area contributed by atoms with E-state index in [1.165, 1.54) is 0 Å². The third-order valence-corrected chi connectivity index (χ3v) is 4.98. The SMILES string of the molecule is C=C(/C=C\C=C/C)[C@@H]1CC=NN1C(=O)C1CCN(c2ncc(F)c(N)n2)CC1. The zero-order valence-electron chi connectivity index (χ0n) is 16.0. The average Bonchev–Trinajstić information content (AvgIpc) is 3.20. The Hall–Kier alpha value is -3.03. The number of piperidine rings is 1. The Kier molecular flexibility index (Phi) is 6.18. The van der Waals surface area contributed by atoms with Crippen LogP contribution in [0.3, 0.4) is 0 Å². The molecule has 148 valence electrons. The molecule has 1 fully saturated rings. The van der Waals surface area contributed by atoms with Crippen LogP contribution >= 0.6 is 0 Å². The van der Waals surface area contributed by atoms with Crippen molar-refractivity contribution >= 4 is 23.9 Å². The van der Waals surface area contributed by atoms with Crippen LogP contribution in [0.15, 0.2) is 47.8 Å². The Labute approximate surface area is 164 Å². The summed E-state index contributed by atoms with van der Waals surface area (Å²) in [5, 5.41) is 5.85. The third-order valence-electron chi connectivity index (χ3n) is 4.98. The zero-order valence-corrected chi connectivity index (χ0v) is 16.0. The van der Waals surface area contributed by atoms with Gasteiger partial charge in [-0.2, -0.15) is 10.1 Å². The molecule has 7 nitrogen and oxygen atoms in total. The van der Waals surface area contributed by atoms with Crippen LogP contribution in [0.2, 0.25) is 0 Å². The smallest absolute Gasteiger partial charge is 0.246 e. The monoisotopic (exact) mass is 384 g/mol. The second-order valence-electron chi connectivity index (χ2n) is 6.86. The van der Waals surface area contributed by atoms with Crippen molar-refractivity contribution in [1.82, 2.24) is 15.0 Å². The summed E-state index contributed by atoms with van der Waals surface area (Å²) >= 11 is 0. The van der Waals surface area contributed by atoms with Crippen molar-refractivity contribution in [3.05, 3.63) is 48.5 Å². The van der Waals surface area contributed by atoms with Gasteiger partial charge in [-0.05, 0) is 25.3 Å². The number of hydrogen-bond donors (Lipinski definition) is 1. The molecule has 28 heavy (non-hydrogen) atoms. The Balaban J connectivity index is 1.60. The first kappa shape index (κ1) is 19.7. The summed E-state index contributed by atoms with van der Waals surface area (Å²) in [6.45, 7) is 7.24. The highest BCUT2D eigenvalue weighted by molar-refractivity contribution is 5.82. The first-order valence-electron chi connectivity index (χ1n) is 9.38. The van der Waals surface area contributed by atoms with Crippen LogP contribution in [-0.4, -0.2) is 46.2 Å². The van der Waals surface area contributed by atoms with E-state index in [9.17, 15) is 9.18 Å². The molecule has 2 N–H and O–H groups in total. The molecule has 1 aromatic rings. The molecule has 1 amide bonds. The fourth-order valence-corrected chi connectivity index (χ4v) is 3.37. The molecular formula is C20H25FN6O. The van der Waals surface area contributed by atoms with E-state index in [0.29, 0.717) is 38.3 Å². The number of rotatable bonds is 5. The molecule has 2 aliphatic rings. The van der Waals surface area contributed by atoms with Crippen molar-refractivity contribution in [2.45, 2.75) is 32.2 Å². The van der Waals surface area contributed by atoms with Gasteiger partial charge in [0.2, 0.25) is 11.9 Å². The summed E-state index contributed by atoms with van der Waals surface area (Å²) < 4.78 is 13.3. The number of nitrogens with two attached hydrogens (primary N) is 1. The normalized spacial score (nSPS) is 20.6. The lowest BCUT2D eigenvalue weighted by atomic mass is 9.94. The lowest BCUT2D eigenvalue weighted by molar-refractivity contribution is -0.137. The molecule has 1 aromatic heterocycles. The van der Waals surface area contributed by atoms with E-state index in [1.54, 1.807) is 11.2 Å². The van der Waals surface area contributed by atoms with Crippen LogP contribution in [0.4, 0.5) is 16.2 Å². The van der Waals surface area contributed by atoms with Gasteiger partial charge < -0.3 is 10.6 Å². The Morgan fingerprint density at radius 2 is 2.11 bits per heavy atom. The first-order chi connectivity index (χ1) is 13.5. The fourth-order valence-electron chi connectivity index (χ4n) is 3.37. The van der Waals surface area contributed by atoms with Crippen LogP contribution in [0.25, 0.3) is 0 Å². The number of carbonyl (C=O) groups is 1. The van der Waals surface area contributed by atoms with Gasteiger partial charge >= 0.3 is 0 Å². The van der Waals surface area contributed by atoms with E-state index in [4.69, 9.17) is 5.73 Å². The Morgan fingerprint density at radius 1 is 1.36 bits per heavy atom. The predicted molar refractivity (Wildman–Crippen MR) is 108 cm³/mol. The van der Waals surface area contributed by atoms with E-state index < -0.39 is 5.82 Å². The summed E-state index contributed by atoms with van der Waals surface area (Å²) in [5.41, 5.74) is 6.38. The van der Waals surface area contributed by atoms with Crippen molar-refractivity contribution < 1.29 is 9.18 Å². The molecule has 1 atom stereocenters. The number of anilines is 2. The van der Waals surface area contributed by atoms with Gasteiger partial charge in [0, 0.05) is 31.6 Å². The molecule has 0 unspecified atom stereocenters. The number of halogens is 1. The topological polar surface area (TPSA) is 87.7 Å². The van der Waals surface area contributed by atoms with E-state index in [2.05, 4.69) is 21.6 Å². The third kappa shape index (κ3) is 4.27. The molecular weight excluding hydrogens is 359 g/mol. The molecule has 3 rings (SSSR count). The minimum atomic E-state index is -0.629. The van der Waals surface area contributed by atoms with E-state index in [-0.39, 0.29) is 23.7 Å². The van der Waals surface area contributed by atoms with Crippen molar-refractivity contribution in [3.63, 3.8) is 0 Å². The number of hydrogen-bond acceptors (Lipinski definition) is 6. The van der Waals surface area contributed by atoms with Gasteiger partial charge in [-0.1, -0.05) is 30.9 Å². The first-order valence-corrected chi connectivity index (χ1v) is 9.38. The number of nitrogens with zero attached hydrogens (tertiary/aromatic N) is 5. The van der Waals surface area contributed by atoms with Crippen LogP contribution < -0.4 is 10.6 Å². The second-order valence-corrected chi connectivity index (χ2v) is 6.86. The number of nitrogen functional groups attached to an aromatic ring is 1. The van der Waals surface area contributed by atoms with E-state index in [0.717, 1.165) is 11.8 Å². The highest BCUT2D eigenvalue weighted by Gasteiger charge is 2.35. The highest BCUT2D eigenvalue weighted by atomic mass is 19.1. The summed E-state index contributed by atoms with van der Waals surface area (Å²) in [7, 11) is 0. The molecule has 0 spiro atoms. The number of hydrazone groups is 1. The number of allylic oxidation sites excluding steroid dienone is 3. The fraction of sp³-hybridized carbons (Fsp3) is 0.400. The minimum Gasteiger partial charge on any atom is -0.381 e. The van der Waals surface area contributed by atoms with Crippen molar-refractivity contribution in [2.75, 3.05) is 23.7 Å². The van der Waals surface area contributed by atoms with Gasteiger partial charge in [0.15, 0.2) is 11.6 Å². The second kappa shape index (κ2) is 8.77. The van der Waals surface area contributed by atoms with Gasteiger partial charge in [-0.3, -0.25) is 4.79 Å². The van der Waals surface area contributed by atoms with Gasteiger partial charge in [-0.15, -0.1) is 0 Å². The lowest BCUT2D eigenvalue weighted by Gasteiger charge is -2.33. The maximum absolute atomic E-state index is 13.3. The minimum absolute atomic E-state index is 0.0125. The molecule has 1 saturated heterocycles. The molecule has 3 heterocycles. The van der Waals surface area contributed by atoms with E-state index >= 15 is 0 Å². The van der Waals surface area contributed by atoms with Gasteiger partial charge in [0.25, 0.3) is 0 Å². The maximum Gasteiger partial charge on any atom is 0.246 e. The summed E-state index contributed by atoms with van der Waals surface area (Å²) in [6.07, 6.45) is 12.5. The summed E-state index contributed by atoms with van der Waals surface area (Å²) in [6, 6.07) is -0.132. The number of aromatic nitrogens is 2. The number of amides is 1. The Bertz CT molecular complexity index is 826. The van der Waals surface area contributed by atoms with Crippen molar-refractivity contribution in [1.29, 1.82) is 0 Å².